The molecular formula is C15H26O. The van der Waals surface area contributed by atoms with Gasteiger partial charge in [0.1, 0.15) is 0 Å². The lowest BCUT2D eigenvalue weighted by molar-refractivity contribution is 0.0758. The molecule has 0 aliphatic heterocycles. The Labute approximate surface area is 100 Å². The van der Waals surface area contributed by atoms with Gasteiger partial charge in [-0.05, 0) is 44.9 Å². The molecule has 0 radical (unpaired) electrons. The molecule has 1 N–H and O–H groups in total. The predicted molar refractivity (Wildman–Crippen MR) is 70.3 cm³/mol. The van der Waals surface area contributed by atoms with Crippen LogP contribution in [0.3, 0.4) is 0 Å². The van der Waals surface area contributed by atoms with Gasteiger partial charge in [-0.25, -0.2) is 0 Å². The van der Waals surface area contributed by atoms with Crippen LogP contribution in [0.15, 0.2) is 23.3 Å². The molecule has 1 aliphatic carbocycles. The van der Waals surface area contributed by atoms with E-state index in [2.05, 4.69) is 46.8 Å². The van der Waals surface area contributed by atoms with Crippen LogP contribution in [0.2, 0.25) is 0 Å². The predicted octanol–water partition coefficient (Wildman–Crippen LogP) is 3.94. The number of rotatable bonds is 3. The summed E-state index contributed by atoms with van der Waals surface area (Å²) in [7, 11) is 0. The van der Waals surface area contributed by atoms with Crippen LogP contribution in [-0.2, 0) is 0 Å². The molecule has 0 fully saturated rings. The fourth-order valence-corrected chi connectivity index (χ4v) is 2.80. The lowest BCUT2D eigenvalue weighted by Gasteiger charge is -2.44. The van der Waals surface area contributed by atoms with E-state index >= 15 is 0 Å². The van der Waals surface area contributed by atoms with Crippen LogP contribution in [0.4, 0.5) is 0 Å². The molecule has 0 heterocycles. The quantitative estimate of drug-likeness (QED) is 0.717. The van der Waals surface area contributed by atoms with Crippen molar-refractivity contribution in [2.24, 2.45) is 17.3 Å². The van der Waals surface area contributed by atoms with Crippen molar-refractivity contribution < 1.29 is 5.11 Å². The topological polar surface area (TPSA) is 20.2 Å². The molecule has 0 aromatic heterocycles. The summed E-state index contributed by atoms with van der Waals surface area (Å²) in [6.07, 6.45) is 6.93. The Morgan fingerprint density at radius 3 is 2.62 bits per heavy atom. The van der Waals surface area contributed by atoms with E-state index in [1.54, 1.807) is 0 Å². The highest BCUT2D eigenvalue weighted by Crippen LogP contribution is 2.46. The minimum Gasteiger partial charge on any atom is -0.396 e. The van der Waals surface area contributed by atoms with Gasteiger partial charge in [0.2, 0.25) is 0 Å². The van der Waals surface area contributed by atoms with Crippen LogP contribution in [-0.4, -0.2) is 11.7 Å². The molecular weight excluding hydrogens is 196 g/mol. The number of hydrogen-bond acceptors (Lipinski definition) is 1. The van der Waals surface area contributed by atoms with Crippen molar-refractivity contribution in [3.8, 4) is 0 Å². The fourth-order valence-electron chi connectivity index (χ4n) is 2.80. The van der Waals surface area contributed by atoms with Gasteiger partial charge in [0, 0.05) is 5.92 Å². The Hall–Kier alpha value is -0.560. The van der Waals surface area contributed by atoms with Gasteiger partial charge in [0.15, 0.2) is 0 Å². The van der Waals surface area contributed by atoms with Crippen LogP contribution in [0.5, 0.6) is 0 Å². The van der Waals surface area contributed by atoms with E-state index in [1.807, 2.05) is 0 Å². The summed E-state index contributed by atoms with van der Waals surface area (Å²) in [6.45, 7) is 11.3. The Morgan fingerprint density at radius 1 is 1.50 bits per heavy atom. The first-order chi connectivity index (χ1) is 7.39. The number of aliphatic hydroxyl groups is 1. The summed E-state index contributed by atoms with van der Waals surface area (Å²) in [4.78, 5) is 0. The van der Waals surface area contributed by atoms with Crippen molar-refractivity contribution >= 4 is 0 Å². The summed E-state index contributed by atoms with van der Waals surface area (Å²) in [5, 5.41) is 9.54. The summed E-state index contributed by atoms with van der Waals surface area (Å²) in [5.41, 5.74) is 2.96. The van der Waals surface area contributed by atoms with Gasteiger partial charge in [-0.3, -0.25) is 0 Å². The second-order valence-electron chi connectivity index (χ2n) is 5.95. The Bertz CT molecular complexity index is 293. The normalized spacial score (nSPS) is 28.5. The summed E-state index contributed by atoms with van der Waals surface area (Å²) in [5.74, 6) is 0.986. The molecule has 0 spiro atoms. The third-order valence-corrected chi connectivity index (χ3v) is 4.22. The van der Waals surface area contributed by atoms with Crippen molar-refractivity contribution in [1.82, 2.24) is 0 Å². The molecule has 0 aromatic rings. The SMILES string of the molecule is CC(C)=CC[C@@H]1CC=C(C)C(CO)C1(C)C. The zero-order valence-corrected chi connectivity index (χ0v) is 11.4. The van der Waals surface area contributed by atoms with E-state index in [0.717, 1.165) is 12.8 Å². The molecule has 0 amide bonds. The maximum atomic E-state index is 9.54. The molecule has 0 bridgehead atoms. The zero-order chi connectivity index (χ0) is 12.3. The Kier molecular flexibility index (Phi) is 4.37. The zero-order valence-electron chi connectivity index (χ0n) is 11.4. The highest BCUT2D eigenvalue weighted by molar-refractivity contribution is 5.15. The largest absolute Gasteiger partial charge is 0.396 e. The van der Waals surface area contributed by atoms with Crippen molar-refractivity contribution in [2.45, 2.75) is 47.5 Å². The molecule has 0 saturated heterocycles. The van der Waals surface area contributed by atoms with Crippen LogP contribution in [0.1, 0.15) is 47.5 Å². The van der Waals surface area contributed by atoms with E-state index in [4.69, 9.17) is 0 Å². The van der Waals surface area contributed by atoms with Crippen LogP contribution in [0, 0.1) is 17.3 Å². The van der Waals surface area contributed by atoms with Gasteiger partial charge in [0.05, 0.1) is 6.61 Å². The minimum absolute atomic E-state index is 0.208. The van der Waals surface area contributed by atoms with Gasteiger partial charge >= 0.3 is 0 Å². The molecule has 1 unspecified atom stereocenters. The third-order valence-electron chi connectivity index (χ3n) is 4.22. The molecule has 2 atom stereocenters. The number of hydrogen-bond donors (Lipinski definition) is 1. The Morgan fingerprint density at radius 2 is 2.12 bits per heavy atom. The van der Waals surface area contributed by atoms with Gasteiger partial charge < -0.3 is 5.11 Å². The van der Waals surface area contributed by atoms with Crippen molar-refractivity contribution in [3.63, 3.8) is 0 Å². The number of aliphatic hydroxyl groups excluding tert-OH is 1. The first-order valence-corrected chi connectivity index (χ1v) is 6.30. The van der Waals surface area contributed by atoms with Crippen LogP contribution < -0.4 is 0 Å². The molecule has 0 aromatic carbocycles. The molecule has 0 saturated carbocycles. The molecule has 1 nitrogen and oxygen atoms in total. The van der Waals surface area contributed by atoms with Crippen molar-refractivity contribution in [3.05, 3.63) is 23.3 Å². The first-order valence-electron chi connectivity index (χ1n) is 6.30. The average Bonchev–Trinajstić information content (AvgIpc) is 2.15. The van der Waals surface area contributed by atoms with E-state index in [9.17, 15) is 5.11 Å². The van der Waals surface area contributed by atoms with E-state index < -0.39 is 0 Å². The maximum Gasteiger partial charge on any atom is 0.0501 e. The summed E-state index contributed by atoms with van der Waals surface area (Å²) in [6, 6.07) is 0. The highest BCUT2D eigenvalue weighted by atomic mass is 16.3. The molecule has 1 aliphatic rings. The lowest BCUT2D eigenvalue weighted by atomic mass is 9.61. The molecule has 1 rings (SSSR count). The van der Waals surface area contributed by atoms with Crippen molar-refractivity contribution in [2.75, 3.05) is 6.61 Å². The fraction of sp³-hybridized carbons (Fsp3) is 0.733. The third kappa shape index (κ3) is 2.76. The Balaban J connectivity index is 2.85. The van der Waals surface area contributed by atoms with Crippen molar-refractivity contribution in [1.29, 1.82) is 0 Å². The van der Waals surface area contributed by atoms with Crippen LogP contribution >= 0.6 is 0 Å². The second kappa shape index (κ2) is 5.18. The standard InChI is InChI=1S/C15H26O/c1-11(2)6-8-13-9-7-12(3)14(10-16)15(13,4)5/h6-7,13-14,16H,8-10H2,1-5H3/t13-,14?/m1/s1. The molecule has 1 heteroatoms. The average molecular weight is 222 g/mol. The number of allylic oxidation sites excluding steroid dienone is 3. The van der Waals surface area contributed by atoms with E-state index in [-0.39, 0.29) is 12.0 Å². The van der Waals surface area contributed by atoms with Gasteiger partial charge in [-0.1, -0.05) is 37.1 Å². The first kappa shape index (κ1) is 13.5. The van der Waals surface area contributed by atoms with Crippen LogP contribution in [0.25, 0.3) is 0 Å². The van der Waals surface area contributed by atoms with Gasteiger partial charge in [-0.15, -0.1) is 0 Å². The molecule has 92 valence electrons. The summed E-state index contributed by atoms with van der Waals surface area (Å²) < 4.78 is 0. The van der Waals surface area contributed by atoms with E-state index in [1.165, 1.54) is 11.1 Å². The smallest absolute Gasteiger partial charge is 0.0501 e. The minimum atomic E-state index is 0.208. The second-order valence-corrected chi connectivity index (χ2v) is 5.95. The maximum absolute atomic E-state index is 9.54. The van der Waals surface area contributed by atoms with Gasteiger partial charge in [0.25, 0.3) is 0 Å². The van der Waals surface area contributed by atoms with E-state index in [0.29, 0.717) is 11.8 Å². The molecule has 16 heavy (non-hydrogen) atoms. The monoisotopic (exact) mass is 222 g/mol. The highest BCUT2D eigenvalue weighted by Gasteiger charge is 2.39. The lowest BCUT2D eigenvalue weighted by Crippen LogP contribution is -2.37. The summed E-state index contributed by atoms with van der Waals surface area (Å²) >= 11 is 0. The van der Waals surface area contributed by atoms with Gasteiger partial charge in [-0.2, -0.15) is 0 Å².